The second-order valence-electron chi connectivity index (χ2n) is 6.00. The predicted molar refractivity (Wildman–Crippen MR) is 95.8 cm³/mol. The fourth-order valence-electron chi connectivity index (χ4n) is 2.54. The van der Waals surface area contributed by atoms with E-state index in [4.69, 9.17) is 0 Å². The first-order valence-corrected chi connectivity index (χ1v) is 8.11. The number of aromatic nitrogens is 2. The molecule has 0 spiro atoms. The molecule has 3 aromatic rings. The molecule has 0 saturated carbocycles. The fraction of sp³-hybridized carbons (Fsp3) is 0.118. The van der Waals surface area contributed by atoms with Gasteiger partial charge in [-0.1, -0.05) is 0 Å². The number of hydrogen-bond donors (Lipinski definition) is 2. The lowest BCUT2D eigenvalue weighted by molar-refractivity contribution is -0.384. The monoisotopic (exact) mass is 425 g/mol. The molecule has 0 fully saturated rings. The molecule has 0 aliphatic carbocycles. The van der Waals surface area contributed by atoms with Gasteiger partial charge in [0.05, 0.1) is 27.7 Å². The number of alkyl halides is 3. The van der Waals surface area contributed by atoms with Crippen LogP contribution >= 0.6 is 0 Å². The van der Waals surface area contributed by atoms with Gasteiger partial charge in [0.2, 0.25) is 0 Å². The van der Waals surface area contributed by atoms with Crippen molar-refractivity contribution in [2.75, 3.05) is 5.43 Å². The summed E-state index contributed by atoms with van der Waals surface area (Å²) < 4.78 is 52.4. The van der Waals surface area contributed by atoms with Crippen molar-refractivity contribution in [2.45, 2.75) is 12.7 Å². The Kier molecular flexibility index (Phi) is 5.36. The SMILES string of the molecule is O=C(Cn1cnc2ccc(F)cc2c1=O)NNc1ccc(C(F)(F)F)cc1[N+](=O)[O-]. The van der Waals surface area contributed by atoms with Gasteiger partial charge in [0.15, 0.2) is 0 Å². The number of amides is 1. The van der Waals surface area contributed by atoms with Gasteiger partial charge in [-0.2, -0.15) is 13.2 Å². The van der Waals surface area contributed by atoms with Crippen LogP contribution in [0.3, 0.4) is 0 Å². The first-order valence-electron chi connectivity index (χ1n) is 8.11. The Morgan fingerprint density at radius 2 is 1.93 bits per heavy atom. The van der Waals surface area contributed by atoms with Gasteiger partial charge in [0.1, 0.15) is 18.0 Å². The average molecular weight is 425 g/mol. The van der Waals surface area contributed by atoms with Crippen LogP contribution in [0.5, 0.6) is 0 Å². The van der Waals surface area contributed by atoms with Crippen LogP contribution in [0, 0.1) is 15.9 Å². The van der Waals surface area contributed by atoms with Gasteiger partial charge in [0.25, 0.3) is 17.2 Å². The summed E-state index contributed by atoms with van der Waals surface area (Å²) in [5, 5.41) is 11.0. The number of anilines is 1. The molecule has 13 heteroatoms. The highest BCUT2D eigenvalue weighted by Crippen LogP contribution is 2.34. The number of benzene rings is 2. The molecule has 3 rings (SSSR count). The molecule has 0 aliphatic rings. The third-order valence-corrected chi connectivity index (χ3v) is 3.96. The molecule has 30 heavy (non-hydrogen) atoms. The van der Waals surface area contributed by atoms with Crippen LogP contribution in [0.4, 0.5) is 28.9 Å². The van der Waals surface area contributed by atoms with Crippen LogP contribution in [0.25, 0.3) is 10.9 Å². The minimum Gasteiger partial charge on any atom is -0.292 e. The fourth-order valence-corrected chi connectivity index (χ4v) is 2.54. The largest absolute Gasteiger partial charge is 0.416 e. The van der Waals surface area contributed by atoms with E-state index in [1.807, 2.05) is 0 Å². The van der Waals surface area contributed by atoms with E-state index in [0.29, 0.717) is 12.1 Å². The van der Waals surface area contributed by atoms with Gasteiger partial charge < -0.3 is 0 Å². The summed E-state index contributed by atoms with van der Waals surface area (Å²) in [6.45, 7) is -0.584. The Labute approximate surface area is 164 Å². The number of halogens is 4. The van der Waals surface area contributed by atoms with E-state index in [1.54, 1.807) is 0 Å². The van der Waals surface area contributed by atoms with Crippen LogP contribution in [0.2, 0.25) is 0 Å². The van der Waals surface area contributed by atoms with Gasteiger partial charge in [-0.15, -0.1) is 0 Å². The Morgan fingerprint density at radius 3 is 2.60 bits per heavy atom. The second-order valence-corrected chi connectivity index (χ2v) is 6.00. The molecule has 2 aromatic carbocycles. The van der Waals surface area contributed by atoms with Crippen LogP contribution in [-0.4, -0.2) is 20.4 Å². The summed E-state index contributed by atoms with van der Waals surface area (Å²) in [6, 6.07) is 5.08. The molecular formula is C17H11F4N5O4. The summed E-state index contributed by atoms with van der Waals surface area (Å²) >= 11 is 0. The molecule has 1 amide bonds. The number of carbonyl (C=O) groups excluding carboxylic acids is 1. The van der Waals surface area contributed by atoms with Gasteiger partial charge in [-0.25, -0.2) is 9.37 Å². The van der Waals surface area contributed by atoms with E-state index >= 15 is 0 Å². The molecule has 0 unspecified atom stereocenters. The quantitative estimate of drug-likeness (QED) is 0.369. The van der Waals surface area contributed by atoms with Crippen LogP contribution in [0.15, 0.2) is 47.5 Å². The minimum absolute atomic E-state index is 0.0587. The zero-order valence-corrected chi connectivity index (χ0v) is 14.7. The molecule has 0 radical (unpaired) electrons. The van der Waals surface area contributed by atoms with E-state index in [1.165, 1.54) is 6.07 Å². The summed E-state index contributed by atoms with van der Waals surface area (Å²) in [6.07, 6.45) is -3.72. The predicted octanol–water partition coefficient (Wildman–Crippen LogP) is 2.61. The Balaban J connectivity index is 1.77. The molecule has 156 valence electrons. The lowest BCUT2D eigenvalue weighted by Gasteiger charge is -2.12. The summed E-state index contributed by atoms with van der Waals surface area (Å²) in [4.78, 5) is 38.3. The second kappa shape index (κ2) is 7.77. The molecule has 0 aliphatic heterocycles. The number of hydrazine groups is 1. The number of hydrogen-bond acceptors (Lipinski definition) is 6. The van der Waals surface area contributed by atoms with Gasteiger partial charge in [-0.05, 0) is 30.3 Å². The molecular weight excluding hydrogens is 414 g/mol. The Hall–Kier alpha value is -4.03. The zero-order chi connectivity index (χ0) is 22.1. The maximum Gasteiger partial charge on any atom is 0.416 e. The van der Waals surface area contributed by atoms with Crippen LogP contribution in [0.1, 0.15) is 5.56 Å². The van der Waals surface area contributed by atoms with Crippen molar-refractivity contribution in [1.82, 2.24) is 15.0 Å². The van der Waals surface area contributed by atoms with E-state index < -0.39 is 51.9 Å². The highest BCUT2D eigenvalue weighted by Gasteiger charge is 2.33. The van der Waals surface area contributed by atoms with Crippen molar-refractivity contribution >= 4 is 28.2 Å². The smallest absolute Gasteiger partial charge is 0.292 e. The van der Waals surface area contributed by atoms with E-state index in [2.05, 4.69) is 15.8 Å². The maximum atomic E-state index is 13.3. The van der Waals surface area contributed by atoms with Crippen molar-refractivity contribution in [1.29, 1.82) is 0 Å². The zero-order valence-electron chi connectivity index (χ0n) is 14.7. The average Bonchev–Trinajstić information content (AvgIpc) is 2.68. The Bertz CT molecular complexity index is 1210. The number of nitrogens with zero attached hydrogens (tertiary/aromatic N) is 3. The van der Waals surface area contributed by atoms with E-state index in [0.717, 1.165) is 29.1 Å². The summed E-state index contributed by atoms with van der Waals surface area (Å²) in [5.41, 5.74) is 1.19. The highest BCUT2D eigenvalue weighted by molar-refractivity contribution is 5.80. The number of nitrogens with one attached hydrogen (secondary N) is 2. The normalized spacial score (nSPS) is 11.3. The third kappa shape index (κ3) is 4.34. The highest BCUT2D eigenvalue weighted by atomic mass is 19.4. The first-order chi connectivity index (χ1) is 14.1. The standard InChI is InChI=1S/C17H11F4N5O4/c18-10-2-4-12-11(6-10)16(28)25(8-22-12)7-15(27)24-23-13-3-1-9(17(19,20)21)5-14(13)26(29)30/h1-6,8,23H,7H2,(H,24,27). The van der Waals surface area contributed by atoms with Crippen molar-refractivity contribution in [2.24, 2.45) is 0 Å². The van der Waals surface area contributed by atoms with Gasteiger partial charge >= 0.3 is 6.18 Å². The lowest BCUT2D eigenvalue weighted by Crippen LogP contribution is -2.35. The summed E-state index contributed by atoms with van der Waals surface area (Å²) in [5.74, 6) is -1.52. The van der Waals surface area contributed by atoms with Gasteiger partial charge in [-0.3, -0.25) is 35.1 Å². The lowest BCUT2D eigenvalue weighted by atomic mass is 10.1. The molecule has 2 N–H and O–H groups in total. The molecule has 0 saturated heterocycles. The summed E-state index contributed by atoms with van der Waals surface area (Å²) in [7, 11) is 0. The number of rotatable bonds is 5. The number of nitro groups is 1. The van der Waals surface area contributed by atoms with Crippen molar-refractivity contribution in [3.8, 4) is 0 Å². The van der Waals surface area contributed by atoms with Crippen molar-refractivity contribution in [3.05, 3.63) is 74.6 Å². The molecule has 1 aromatic heterocycles. The number of carbonyl (C=O) groups is 1. The van der Waals surface area contributed by atoms with E-state index in [9.17, 15) is 37.3 Å². The van der Waals surface area contributed by atoms with Crippen LogP contribution < -0.4 is 16.4 Å². The molecule has 0 bridgehead atoms. The third-order valence-electron chi connectivity index (χ3n) is 3.96. The van der Waals surface area contributed by atoms with Gasteiger partial charge in [0, 0.05) is 6.07 Å². The maximum absolute atomic E-state index is 13.3. The molecule has 9 nitrogen and oxygen atoms in total. The van der Waals surface area contributed by atoms with E-state index in [-0.39, 0.29) is 10.9 Å². The Morgan fingerprint density at radius 1 is 1.20 bits per heavy atom. The van der Waals surface area contributed by atoms with Crippen LogP contribution in [-0.2, 0) is 17.5 Å². The van der Waals surface area contributed by atoms with Crippen molar-refractivity contribution < 1.29 is 27.3 Å². The van der Waals surface area contributed by atoms with Crippen molar-refractivity contribution in [3.63, 3.8) is 0 Å². The topological polar surface area (TPSA) is 119 Å². The minimum atomic E-state index is -4.78. The molecule has 0 atom stereocenters. The number of fused-ring (bicyclic) bond motifs is 1. The first kappa shape index (κ1) is 20.7. The molecule has 1 heterocycles. The number of nitro benzene ring substituents is 1.